The van der Waals surface area contributed by atoms with Gasteiger partial charge in [0.25, 0.3) is 0 Å². The van der Waals surface area contributed by atoms with Gasteiger partial charge in [-0.3, -0.25) is 4.79 Å². The quantitative estimate of drug-likeness (QED) is 0.703. The zero-order valence-electron chi connectivity index (χ0n) is 16.6. The Morgan fingerprint density at radius 3 is 2.34 bits per heavy atom. The molecule has 2 aromatic carbocycles. The Morgan fingerprint density at radius 2 is 1.76 bits per heavy atom. The SMILES string of the molecule is Cc1ccc(S(=O)(=O)N2CCC(C(=O)OCc3ccc(C#N)cc3)CC2)cc1C. The minimum absolute atomic E-state index is 0.145. The maximum absolute atomic E-state index is 12.9. The average Bonchev–Trinajstić information content (AvgIpc) is 2.74. The lowest BCUT2D eigenvalue weighted by atomic mass is 9.98. The highest BCUT2D eigenvalue weighted by Gasteiger charge is 2.32. The number of sulfonamides is 1. The van der Waals surface area contributed by atoms with Crippen LogP contribution in [0.5, 0.6) is 0 Å². The van der Waals surface area contributed by atoms with Gasteiger partial charge in [0.05, 0.1) is 22.4 Å². The van der Waals surface area contributed by atoms with E-state index in [2.05, 4.69) is 0 Å². The normalized spacial score (nSPS) is 15.6. The van der Waals surface area contributed by atoms with Crippen LogP contribution in [0.3, 0.4) is 0 Å². The van der Waals surface area contributed by atoms with Crippen LogP contribution >= 0.6 is 0 Å². The highest BCUT2D eigenvalue weighted by Crippen LogP contribution is 2.26. The van der Waals surface area contributed by atoms with Crippen LogP contribution < -0.4 is 0 Å². The van der Waals surface area contributed by atoms with Crippen molar-refractivity contribution in [2.45, 2.75) is 38.2 Å². The summed E-state index contributed by atoms with van der Waals surface area (Å²) in [5.74, 6) is -0.614. The van der Waals surface area contributed by atoms with E-state index in [0.717, 1.165) is 16.7 Å². The molecule has 0 bridgehead atoms. The fourth-order valence-corrected chi connectivity index (χ4v) is 4.86. The third-order valence-electron chi connectivity index (χ3n) is 5.37. The first-order chi connectivity index (χ1) is 13.8. The highest BCUT2D eigenvalue weighted by molar-refractivity contribution is 7.89. The van der Waals surface area contributed by atoms with E-state index in [-0.39, 0.29) is 18.5 Å². The molecule has 1 fully saturated rings. The molecule has 3 rings (SSSR count). The van der Waals surface area contributed by atoms with E-state index in [4.69, 9.17) is 10.00 Å². The second-order valence-corrected chi connectivity index (χ2v) is 9.28. The van der Waals surface area contributed by atoms with E-state index in [1.807, 2.05) is 26.0 Å². The predicted molar refractivity (Wildman–Crippen MR) is 108 cm³/mol. The third-order valence-corrected chi connectivity index (χ3v) is 7.26. The fourth-order valence-electron chi connectivity index (χ4n) is 3.30. The summed E-state index contributed by atoms with van der Waals surface area (Å²) in [5.41, 5.74) is 3.35. The van der Waals surface area contributed by atoms with Crippen molar-refractivity contribution in [2.75, 3.05) is 13.1 Å². The molecule has 0 N–H and O–H groups in total. The number of nitrogens with zero attached hydrogens (tertiary/aromatic N) is 2. The molecular weight excluding hydrogens is 388 g/mol. The number of rotatable bonds is 5. The zero-order chi connectivity index (χ0) is 21.0. The van der Waals surface area contributed by atoms with Gasteiger partial charge in [0.1, 0.15) is 6.61 Å². The number of hydrogen-bond acceptors (Lipinski definition) is 5. The molecule has 0 atom stereocenters. The predicted octanol–water partition coefficient (Wildman–Crippen LogP) is 3.32. The molecule has 0 unspecified atom stereocenters. The molecule has 0 amide bonds. The summed E-state index contributed by atoms with van der Waals surface area (Å²) >= 11 is 0. The molecule has 0 saturated carbocycles. The van der Waals surface area contributed by atoms with Crippen molar-refractivity contribution in [3.63, 3.8) is 0 Å². The first-order valence-electron chi connectivity index (χ1n) is 9.54. The summed E-state index contributed by atoms with van der Waals surface area (Å²) in [6.07, 6.45) is 0.882. The van der Waals surface area contributed by atoms with E-state index in [1.165, 1.54) is 4.31 Å². The Hall–Kier alpha value is -2.69. The number of carbonyl (C=O) groups is 1. The first-order valence-corrected chi connectivity index (χ1v) is 11.0. The van der Waals surface area contributed by atoms with Crippen LogP contribution in [0.15, 0.2) is 47.4 Å². The summed E-state index contributed by atoms with van der Waals surface area (Å²) in [7, 11) is -3.56. The molecule has 0 aliphatic carbocycles. The van der Waals surface area contributed by atoms with Gasteiger partial charge in [0.2, 0.25) is 10.0 Å². The Morgan fingerprint density at radius 1 is 1.10 bits per heavy atom. The van der Waals surface area contributed by atoms with Crippen molar-refractivity contribution in [3.05, 3.63) is 64.7 Å². The van der Waals surface area contributed by atoms with Gasteiger partial charge in [-0.25, -0.2) is 8.42 Å². The highest BCUT2D eigenvalue weighted by atomic mass is 32.2. The number of hydrogen-bond donors (Lipinski definition) is 0. The minimum atomic E-state index is -3.56. The van der Waals surface area contributed by atoms with Crippen LogP contribution in [0, 0.1) is 31.1 Å². The van der Waals surface area contributed by atoms with Gasteiger partial charge >= 0.3 is 5.97 Å². The van der Waals surface area contributed by atoms with Crippen molar-refractivity contribution in [1.82, 2.24) is 4.31 Å². The van der Waals surface area contributed by atoms with Gasteiger partial charge in [-0.05, 0) is 67.6 Å². The monoisotopic (exact) mass is 412 g/mol. The molecule has 0 spiro atoms. The Balaban J connectivity index is 1.55. The average molecular weight is 413 g/mol. The van der Waals surface area contributed by atoms with Gasteiger partial charge in [-0.15, -0.1) is 0 Å². The standard InChI is InChI=1S/C22H24N2O4S/c1-16-3-8-21(13-17(16)2)29(26,27)24-11-9-20(10-12-24)22(25)28-15-19-6-4-18(14-23)5-7-19/h3-8,13,20H,9-12,15H2,1-2H3. The molecule has 1 saturated heterocycles. The van der Waals surface area contributed by atoms with E-state index in [1.54, 1.807) is 36.4 Å². The first kappa shape index (κ1) is 21.0. The minimum Gasteiger partial charge on any atom is -0.461 e. The largest absolute Gasteiger partial charge is 0.461 e. The summed E-state index contributed by atoms with van der Waals surface area (Å²) in [5, 5.41) is 8.81. The van der Waals surface area contributed by atoms with Crippen molar-refractivity contribution in [2.24, 2.45) is 5.92 Å². The smallest absolute Gasteiger partial charge is 0.309 e. The van der Waals surface area contributed by atoms with E-state index in [9.17, 15) is 13.2 Å². The molecule has 29 heavy (non-hydrogen) atoms. The van der Waals surface area contributed by atoms with Crippen molar-refractivity contribution in [1.29, 1.82) is 5.26 Å². The van der Waals surface area contributed by atoms with Crippen molar-refractivity contribution >= 4 is 16.0 Å². The summed E-state index contributed by atoms with van der Waals surface area (Å²) in [6, 6.07) is 14.1. The van der Waals surface area contributed by atoms with E-state index in [0.29, 0.717) is 36.4 Å². The second-order valence-electron chi connectivity index (χ2n) is 7.34. The molecule has 2 aromatic rings. The van der Waals surface area contributed by atoms with Crippen LogP contribution in [-0.2, 0) is 26.2 Å². The van der Waals surface area contributed by atoms with Crippen LogP contribution in [0.4, 0.5) is 0 Å². The van der Waals surface area contributed by atoms with Gasteiger partial charge in [-0.1, -0.05) is 18.2 Å². The number of carbonyl (C=O) groups excluding carboxylic acids is 1. The van der Waals surface area contributed by atoms with Crippen LogP contribution in [0.25, 0.3) is 0 Å². The molecule has 7 heteroatoms. The van der Waals surface area contributed by atoms with Crippen molar-refractivity contribution < 1.29 is 17.9 Å². The van der Waals surface area contributed by atoms with Gasteiger partial charge < -0.3 is 4.74 Å². The van der Waals surface area contributed by atoms with Gasteiger partial charge in [0, 0.05) is 13.1 Å². The molecule has 1 heterocycles. The number of esters is 1. The van der Waals surface area contributed by atoms with Crippen LogP contribution in [-0.4, -0.2) is 31.8 Å². The lowest BCUT2D eigenvalue weighted by molar-refractivity contribution is -0.151. The topological polar surface area (TPSA) is 87.5 Å². The second kappa shape index (κ2) is 8.76. The lowest BCUT2D eigenvalue weighted by Crippen LogP contribution is -2.40. The number of aryl methyl sites for hydroxylation is 2. The van der Waals surface area contributed by atoms with Crippen molar-refractivity contribution in [3.8, 4) is 6.07 Å². The summed E-state index contributed by atoms with van der Waals surface area (Å²) in [4.78, 5) is 12.7. The molecular formula is C22H24N2O4S. The summed E-state index contributed by atoms with van der Waals surface area (Å²) in [6.45, 7) is 4.58. The number of benzene rings is 2. The molecule has 1 aliphatic heterocycles. The Bertz CT molecular complexity index is 1030. The van der Waals surface area contributed by atoms with Gasteiger partial charge in [0.15, 0.2) is 0 Å². The maximum atomic E-state index is 12.9. The molecule has 6 nitrogen and oxygen atoms in total. The lowest BCUT2D eigenvalue weighted by Gasteiger charge is -2.30. The maximum Gasteiger partial charge on any atom is 0.309 e. The fraction of sp³-hybridized carbons (Fsp3) is 0.364. The number of ether oxygens (including phenoxy) is 1. The molecule has 0 aromatic heterocycles. The summed E-state index contributed by atoms with van der Waals surface area (Å²) < 4.78 is 32.6. The Kier molecular flexibility index (Phi) is 6.36. The molecule has 0 radical (unpaired) electrons. The number of nitriles is 1. The third kappa shape index (κ3) is 4.84. The molecule has 1 aliphatic rings. The van der Waals surface area contributed by atoms with Crippen LogP contribution in [0.2, 0.25) is 0 Å². The molecule has 152 valence electrons. The zero-order valence-corrected chi connectivity index (χ0v) is 17.4. The van der Waals surface area contributed by atoms with Gasteiger partial charge in [-0.2, -0.15) is 9.57 Å². The van der Waals surface area contributed by atoms with E-state index < -0.39 is 10.0 Å². The number of piperidine rings is 1. The van der Waals surface area contributed by atoms with E-state index >= 15 is 0 Å². The van der Waals surface area contributed by atoms with Crippen LogP contribution in [0.1, 0.15) is 35.1 Å². The Labute approximate surface area is 171 Å².